The Morgan fingerprint density at radius 3 is 2.52 bits per heavy atom. The lowest BCUT2D eigenvalue weighted by molar-refractivity contribution is -0.545. The van der Waals surface area contributed by atoms with Crippen molar-refractivity contribution in [2.45, 2.75) is 26.8 Å². The van der Waals surface area contributed by atoms with Crippen LogP contribution in [0.3, 0.4) is 0 Å². The Labute approximate surface area is 168 Å². The molecule has 9 heteroatoms. The predicted molar refractivity (Wildman–Crippen MR) is 106 cm³/mol. The number of carbonyl (C=O) groups is 3. The number of amides is 3. The van der Waals surface area contributed by atoms with Crippen LogP contribution in [0.25, 0.3) is 0 Å². The van der Waals surface area contributed by atoms with Gasteiger partial charge in [-0.3, -0.25) is 14.5 Å². The molecule has 1 aromatic carbocycles. The number of aliphatic carboxylic acids is 1. The van der Waals surface area contributed by atoms with Crippen LogP contribution < -0.4 is 4.90 Å². The van der Waals surface area contributed by atoms with Gasteiger partial charge in [-0.25, -0.2) is 19.2 Å². The molecule has 0 aliphatic carbocycles. The molecular formula is C20H24N5O4+. The van der Waals surface area contributed by atoms with Crippen LogP contribution in [0.5, 0.6) is 0 Å². The summed E-state index contributed by atoms with van der Waals surface area (Å²) in [6.45, 7) is 6.84. The number of carbonyl (C=O) groups excluding carboxylic acids is 2. The van der Waals surface area contributed by atoms with Gasteiger partial charge >= 0.3 is 18.0 Å². The quantitative estimate of drug-likeness (QED) is 0.763. The minimum atomic E-state index is -1.23. The van der Waals surface area contributed by atoms with E-state index in [1.54, 1.807) is 0 Å². The van der Waals surface area contributed by atoms with Gasteiger partial charge in [-0.2, -0.15) is 0 Å². The van der Waals surface area contributed by atoms with E-state index in [-0.39, 0.29) is 5.92 Å². The van der Waals surface area contributed by atoms with E-state index in [4.69, 9.17) is 5.11 Å². The highest BCUT2D eigenvalue weighted by atomic mass is 16.4. The fraction of sp³-hybridized carbons (Fsp3) is 0.450. The number of hydrogen-bond acceptors (Lipinski definition) is 5. The van der Waals surface area contributed by atoms with Crippen molar-refractivity contribution in [1.29, 1.82) is 0 Å². The van der Waals surface area contributed by atoms with E-state index in [9.17, 15) is 14.4 Å². The Kier molecular flexibility index (Phi) is 4.40. The Bertz CT molecular complexity index is 978. The molecule has 3 aliphatic rings. The second-order valence-electron chi connectivity index (χ2n) is 8.05. The largest absolute Gasteiger partial charge is 0.480 e. The molecule has 2 unspecified atom stereocenters. The monoisotopic (exact) mass is 398 g/mol. The molecule has 1 saturated heterocycles. The number of anilines is 1. The van der Waals surface area contributed by atoms with Crippen LogP contribution in [0.2, 0.25) is 0 Å². The van der Waals surface area contributed by atoms with Gasteiger partial charge in [0.25, 0.3) is 5.91 Å². The first-order valence-electron chi connectivity index (χ1n) is 9.56. The summed E-state index contributed by atoms with van der Waals surface area (Å²) in [5.74, 6) is -0.554. The molecule has 1 fully saturated rings. The first-order valence-corrected chi connectivity index (χ1v) is 9.56. The van der Waals surface area contributed by atoms with Crippen LogP contribution in [0.4, 0.5) is 10.5 Å². The lowest BCUT2D eigenvalue weighted by atomic mass is 10.1. The lowest BCUT2D eigenvalue weighted by Crippen LogP contribution is -2.64. The zero-order valence-corrected chi connectivity index (χ0v) is 16.9. The SMILES string of the molecule is Cc1cc(C)cc(N2CC(C)C[N+]3=C2N=C2C3C(=O)N(CC(=O)O)C(=O)N2C)c1. The van der Waals surface area contributed by atoms with Crippen molar-refractivity contribution in [3.05, 3.63) is 29.3 Å². The van der Waals surface area contributed by atoms with Crippen molar-refractivity contribution in [3.63, 3.8) is 0 Å². The molecule has 0 aromatic heterocycles. The lowest BCUT2D eigenvalue weighted by Gasteiger charge is -2.34. The van der Waals surface area contributed by atoms with Crippen molar-refractivity contribution >= 4 is 35.4 Å². The highest BCUT2D eigenvalue weighted by Crippen LogP contribution is 2.29. The molecule has 1 N–H and O–H groups in total. The van der Waals surface area contributed by atoms with Crippen LogP contribution in [-0.2, 0) is 9.59 Å². The molecule has 29 heavy (non-hydrogen) atoms. The maximum atomic E-state index is 13.1. The molecule has 3 amide bonds. The molecule has 0 spiro atoms. The number of amidine groups is 1. The Morgan fingerprint density at radius 1 is 1.24 bits per heavy atom. The van der Waals surface area contributed by atoms with Crippen LogP contribution in [-0.4, -0.2) is 81.9 Å². The Balaban J connectivity index is 1.80. The van der Waals surface area contributed by atoms with E-state index in [1.165, 1.54) is 11.9 Å². The third-order valence-corrected chi connectivity index (χ3v) is 5.44. The van der Waals surface area contributed by atoms with Crippen molar-refractivity contribution < 1.29 is 24.1 Å². The van der Waals surface area contributed by atoms with Gasteiger partial charge in [0, 0.05) is 13.0 Å². The van der Waals surface area contributed by atoms with Gasteiger partial charge in [0.2, 0.25) is 11.9 Å². The fourth-order valence-corrected chi connectivity index (χ4v) is 4.30. The number of carboxylic acid groups (broad SMARTS) is 1. The fourth-order valence-electron chi connectivity index (χ4n) is 4.30. The van der Waals surface area contributed by atoms with Crippen LogP contribution in [0.15, 0.2) is 23.2 Å². The average Bonchev–Trinajstić information content (AvgIpc) is 3.01. The maximum Gasteiger partial charge on any atom is 0.397 e. The van der Waals surface area contributed by atoms with E-state index in [0.717, 1.165) is 28.3 Å². The van der Waals surface area contributed by atoms with Crippen molar-refractivity contribution in [2.24, 2.45) is 10.9 Å². The zero-order valence-electron chi connectivity index (χ0n) is 16.9. The molecule has 2 atom stereocenters. The second-order valence-corrected chi connectivity index (χ2v) is 8.05. The maximum absolute atomic E-state index is 13.1. The number of imide groups is 1. The number of aliphatic imine (C=N–C) groups is 1. The number of rotatable bonds is 3. The number of hydrogen-bond donors (Lipinski definition) is 1. The minimum Gasteiger partial charge on any atom is -0.480 e. The summed E-state index contributed by atoms with van der Waals surface area (Å²) < 4.78 is 1.89. The number of fused-ring (bicyclic) bond motifs is 2. The molecule has 0 radical (unpaired) electrons. The molecule has 9 nitrogen and oxygen atoms in total. The highest BCUT2D eigenvalue weighted by Gasteiger charge is 2.55. The zero-order chi connectivity index (χ0) is 21.0. The summed E-state index contributed by atoms with van der Waals surface area (Å²) in [5.41, 5.74) is 3.25. The second kappa shape index (κ2) is 6.68. The molecule has 152 valence electrons. The van der Waals surface area contributed by atoms with E-state index >= 15 is 0 Å². The number of likely N-dealkylation sites (N-methyl/N-ethyl adjacent to an activating group) is 1. The predicted octanol–water partition coefficient (Wildman–Crippen LogP) is 0.887. The Morgan fingerprint density at radius 2 is 1.90 bits per heavy atom. The number of guanidine groups is 1. The van der Waals surface area contributed by atoms with Gasteiger partial charge in [0.05, 0.1) is 13.1 Å². The summed E-state index contributed by atoms with van der Waals surface area (Å²) in [5, 5.41) is 9.12. The van der Waals surface area contributed by atoms with Crippen molar-refractivity contribution in [1.82, 2.24) is 9.80 Å². The summed E-state index contributed by atoms with van der Waals surface area (Å²) in [6.07, 6.45) is 0. The summed E-state index contributed by atoms with van der Waals surface area (Å²) in [4.78, 5) is 45.6. The van der Waals surface area contributed by atoms with Gasteiger partial charge in [0.1, 0.15) is 12.2 Å². The topological polar surface area (TPSA) is 96.5 Å². The normalized spacial score (nSPS) is 24.0. The number of aryl methyl sites for hydroxylation is 2. The molecular weight excluding hydrogens is 374 g/mol. The number of carboxylic acids is 1. The first-order chi connectivity index (χ1) is 13.7. The summed E-state index contributed by atoms with van der Waals surface area (Å²) in [7, 11) is 1.53. The van der Waals surface area contributed by atoms with E-state index in [0.29, 0.717) is 18.3 Å². The molecule has 3 aliphatic heterocycles. The number of urea groups is 1. The molecule has 1 aromatic rings. The Hall–Kier alpha value is -3.23. The van der Waals surface area contributed by atoms with E-state index < -0.39 is 30.5 Å². The molecule has 0 bridgehead atoms. The van der Waals surface area contributed by atoms with Crippen molar-refractivity contribution in [2.75, 3.05) is 31.6 Å². The van der Waals surface area contributed by atoms with E-state index in [1.807, 2.05) is 18.4 Å². The van der Waals surface area contributed by atoms with E-state index in [2.05, 4.69) is 35.0 Å². The number of benzene rings is 1. The standard InChI is InChI=1S/C20H23N5O4/c1-11-5-12(2)7-14(6-11)23-8-13(3)9-24-16-17(21-19(23)24)22(4)20(29)25(18(16)28)10-15(26)27/h5-7,13,16H,8-10H2,1-4H3/p+1. The third-order valence-electron chi connectivity index (χ3n) is 5.44. The summed E-state index contributed by atoms with van der Waals surface area (Å²) in [6, 6.07) is 4.79. The first kappa shape index (κ1) is 19.1. The molecule has 0 saturated carbocycles. The average molecular weight is 398 g/mol. The molecule has 3 heterocycles. The number of nitrogens with zero attached hydrogens (tertiary/aromatic N) is 5. The van der Waals surface area contributed by atoms with Crippen LogP contribution in [0, 0.1) is 19.8 Å². The van der Waals surface area contributed by atoms with Crippen LogP contribution >= 0.6 is 0 Å². The van der Waals surface area contributed by atoms with Gasteiger partial charge in [0.15, 0.2) is 0 Å². The van der Waals surface area contributed by atoms with Gasteiger partial charge < -0.3 is 5.11 Å². The highest BCUT2D eigenvalue weighted by molar-refractivity contribution is 6.24. The van der Waals surface area contributed by atoms with Crippen molar-refractivity contribution in [3.8, 4) is 0 Å². The molecule has 4 rings (SSSR count). The third kappa shape index (κ3) is 3.06. The van der Waals surface area contributed by atoms with Crippen LogP contribution in [0.1, 0.15) is 18.1 Å². The van der Waals surface area contributed by atoms with Gasteiger partial charge in [-0.05, 0) is 37.1 Å². The van der Waals surface area contributed by atoms with Gasteiger partial charge in [-0.1, -0.05) is 18.0 Å². The smallest absolute Gasteiger partial charge is 0.397 e. The van der Waals surface area contributed by atoms with Gasteiger partial charge in [-0.15, -0.1) is 0 Å². The minimum absolute atomic E-state index is 0.248. The summed E-state index contributed by atoms with van der Waals surface area (Å²) >= 11 is 0.